The number of carbonyl (C=O) groups is 1. The summed E-state index contributed by atoms with van der Waals surface area (Å²) in [5, 5.41) is 8.43. The van der Waals surface area contributed by atoms with Crippen molar-refractivity contribution in [1.82, 2.24) is 10.3 Å². The summed E-state index contributed by atoms with van der Waals surface area (Å²) >= 11 is 0. The van der Waals surface area contributed by atoms with E-state index in [-0.39, 0.29) is 22.8 Å². The molecule has 35 heavy (non-hydrogen) atoms. The molecule has 1 saturated heterocycles. The minimum Gasteiger partial charge on any atom is -0.372 e. The molecule has 184 valence electrons. The van der Waals surface area contributed by atoms with E-state index in [1.54, 1.807) is 24.3 Å². The van der Waals surface area contributed by atoms with Gasteiger partial charge in [-0.2, -0.15) is 13.2 Å². The number of para-hydroxylation sites is 1. The van der Waals surface area contributed by atoms with Gasteiger partial charge in [-0.3, -0.25) is 4.79 Å². The molecule has 6 nitrogen and oxygen atoms in total. The number of piperidine rings is 1. The van der Waals surface area contributed by atoms with E-state index < -0.39 is 17.6 Å². The van der Waals surface area contributed by atoms with Crippen LogP contribution in [0.4, 0.5) is 41.7 Å². The summed E-state index contributed by atoms with van der Waals surface area (Å²) in [5.41, 5.74) is 2.24. The van der Waals surface area contributed by atoms with Gasteiger partial charge in [-0.15, -0.1) is 0 Å². The summed E-state index contributed by atoms with van der Waals surface area (Å²) in [4.78, 5) is 18.6. The highest BCUT2D eigenvalue weighted by molar-refractivity contribution is 6.00. The third kappa shape index (κ3) is 5.67. The molecule has 4 rings (SSSR count). The highest BCUT2D eigenvalue weighted by Gasteiger charge is 2.34. The van der Waals surface area contributed by atoms with Gasteiger partial charge < -0.3 is 20.9 Å². The van der Waals surface area contributed by atoms with Crippen LogP contribution in [0.5, 0.6) is 0 Å². The van der Waals surface area contributed by atoms with Crippen molar-refractivity contribution < 1.29 is 18.0 Å². The maximum absolute atomic E-state index is 13.7. The van der Waals surface area contributed by atoms with Gasteiger partial charge in [0, 0.05) is 43.8 Å². The van der Waals surface area contributed by atoms with E-state index >= 15 is 0 Å². The Bertz CT molecular complexity index is 1210. The molecule has 1 aliphatic heterocycles. The molecular formula is C26H28F3N5O. The second-order valence-electron chi connectivity index (χ2n) is 8.53. The Morgan fingerprint density at radius 3 is 2.37 bits per heavy atom. The van der Waals surface area contributed by atoms with Crippen LogP contribution in [0.25, 0.3) is 0 Å². The number of pyridine rings is 1. The first kappa shape index (κ1) is 24.4. The lowest BCUT2D eigenvalue weighted by atomic mass is 10.1. The van der Waals surface area contributed by atoms with E-state index in [0.717, 1.165) is 36.2 Å². The summed E-state index contributed by atoms with van der Waals surface area (Å²) in [7, 11) is 1.47. The van der Waals surface area contributed by atoms with Crippen LogP contribution < -0.4 is 20.9 Å². The van der Waals surface area contributed by atoms with Crippen LogP contribution in [0, 0.1) is 6.92 Å². The normalized spacial score (nSPS) is 13.9. The molecule has 0 saturated carbocycles. The zero-order valence-corrected chi connectivity index (χ0v) is 19.7. The van der Waals surface area contributed by atoms with Crippen LogP contribution >= 0.6 is 0 Å². The van der Waals surface area contributed by atoms with Gasteiger partial charge in [-0.05, 0) is 62.1 Å². The number of benzene rings is 2. The molecule has 0 aliphatic carbocycles. The van der Waals surface area contributed by atoms with Crippen molar-refractivity contribution in [1.29, 1.82) is 0 Å². The Labute approximate surface area is 202 Å². The second-order valence-corrected chi connectivity index (χ2v) is 8.53. The average molecular weight is 484 g/mol. The summed E-state index contributed by atoms with van der Waals surface area (Å²) in [6.07, 6.45) is -0.230. The molecule has 1 fully saturated rings. The predicted octanol–water partition coefficient (Wildman–Crippen LogP) is 6.25. The number of halogens is 3. The van der Waals surface area contributed by atoms with Gasteiger partial charge in [0.25, 0.3) is 5.91 Å². The summed E-state index contributed by atoms with van der Waals surface area (Å²) < 4.78 is 41.2. The first-order valence-electron chi connectivity index (χ1n) is 11.5. The van der Waals surface area contributed by atoms with E-state index in [0.29, 0.717) is 0 Å². The number of aromatic nitrogens is 1. The number of carbonyl (C=O) groups excluding carboxylic acids is 1. The van der Waals surface area contributed by atoms with Crippen LogP contribution in [0.15, 0.2) is 54.7 Å². The highest BCUT2D eigenvalue weighted by atomic mass is 19.4. The number of aryl methyl sites for hydroxylation is 1. The monoisotopic (exact) mass is 483 g/mol. The molecule has 2 heterocycles. The Morgan fingerprint density at radius 2 is 1.69 bits per heavy atom. The van der Waals surface area contributed by atoms with E-state index in [1.165, 1.54) is 32.4 Å². The van der Waals surface area contributed by atoms with Gasteiger partial charge in [-0.25, -0.2) is 4.98 Å². The van der Waals surface area contributed by atoms with Crippen LogP contribution in [-0.4, -0.2) is 31.0 Å². The predicted molar refractivity (Wildman–Crippen MR) is 133 cm³/mol. The summed E-state index contributed by atoms with van der Waals surface area (Å²) in [6, 6.07) is 13.7. The fourth-order valence-corrected chi connectivity index (χ4v) is 4.20. The van der Waals surface area contributed by atoms with Gasteiger partial charge in [0.15, 0.2) is 0 Å². The maximum atomic E-state index is 13.7. The average Bonchev–Trinajstić information content (AvgIpc) is 2.85. The molecule has 3 aromatic rings. The van der Waals surface area contributed by atoms with E-state index in [4.69, 9.17) is 0 Å². The Kier molecular flexibility index (Phi) is 7.14. The molecule has 0 atom stereocenters. The Balaban J connectivity index is 1.63. The van der Waals surface area contributed by atoms with Gasteiger partial charge in [-0.1, -0.05) is 12.1 Å². The molecule has 0 radical (unpaired) electrons. The smallest absolute Gasteiger partial charge is 0.372 e. The Hall–Kier alpha value is -3.75. The third-order valence-corrected chi connectivity index (χ3v) is 6.07. The van der Waals surface area contributed by atoms with Crippen LogP contribution in [-0.2, 0) is 6.18 Å². The van der Waals surface area contributed by atoms with Crippen LogP contribution in [0.2, 0.25) is 0 Å². The first-order valence-corrected chi connectivity index (χ1v) is 11.5. The van der Waals surface area contributed by atoms with Crippen molar-refractivity contribution >= 4 is 34.5 Å². The SMILES string of the molecule is CNC(=O)c1ccccc1Nc1cc(Nc2ccc(N3CCCCC3)cc2C)ncc1C(F)(F)F. The zero-order valence-electron chi connectivity index (χ0n) is 19.7. The molecule has 0 spiro atoms. The van der Waals surface area contributed by atoms with Gasteiger partial charge in [0.1, 0.15) is 5.82 Å². The number of hydrogen-bond acceptors (Lipinski definition) is 5. The highest BCUT2D eigenvalue weighted by Crippen LogP contribution is 2.38. The fourth-order valence-electron chi connectivity index (χ4n) is 4.20. The molecule has 1 aromatic heterocycles. The number of hydrogen-bond donors (Lipinski definition) is 3. The number of alkyl halides is 3. The van der Waals surface area contributed by atoms with Gasteiger partial charge >= 0.3 is 6.18 Å². The standard InChI is InChI=1S/C26H28F3N5O/c1-17-14-18(34-12-6-3-7-13-34)10-11-21(17)33-24-15-23(20(16-31-24)26(27,28)29)32-22-9-5-4-8-19(22)25(35)30-2/h4-5,8-11,14-16H,3,6-7,12-13H2,1-2H3,(H,30,35)(H2,31,32,33). The van der Waals surface area contributed by atoms with E-state index in [1.807, 2.05) is 19.1 Å². The molecule has 1 aliphatic rings. The minimum absolute atomic E-state index is 0.200. The number of nitrogens with zero attached hydrogens (tertiary/aromatic N) is 2. The summed E-state index contributed by atoms with van der Waals surface area (Å²) in [5.74, 6) is -0.148. The van der Waals surface area contributed by atoms with Gasteiger partial charge in [0.05, 0.1) is 22.5 Å². The molecule has 9 heteroatoms. The van der Waals surface area contributed by atoms with E-state index in [2.05, 4.69) is 31.9 Å². The maximum Gasteiger partial charge on any atom is 0.419 e. The molecular weight excluding hydrogens is 455 g/mol. The number of anilines is 5. The number of amides is 1. The van der Waals surface area contributed by atoms with Gasteiger partial charge in [0.2, 0.25) is 0 Å². The van der Waals surface area contributed by atoms with Crippen molar-refractivity contribution in [2.24, 2.45) is 0 Å². The van der Waals surface area contributed by atoms with Crippen molar-refractivity contribution in [3.05, 3.63) is 71.4 Å². The zero-order chi connectivity index (χ0) is 25.0. The molecule has 1 amide bonds. The van der Waals surface area contributed by atoms with Crippen molar-refractivity contribution in [2.45, 2.75) is 32.4 Å². The first-order chi connectivity index (χ1) is 16.8. The number of rotatable bonds is 6. The topological polar surface area (TPSA) is 69.3 Å². The van der Waals surface area contributed by atoms with Crippen LogP contribution in [0.1, 0.15) is 40.7 Å². The van der Waals surface area contributed by atoms with E-state index in [9.17, 15) is 18.0 Å². The molecule has 2 aromatic carbocycles. The minimum atomic E-state index is -4.62. The molecule has 0 bridgehead atoms. The lowest BCUT2D eigenvalue weighted by Gasteiger charge is -2.29. The quantitative estimate of drug-likeness (QED) is 0.387. The second kappa shape index (κ2) is 10.2. The summed E-state index contributed by atoms with van der Waals surface area (Å²) in [6.45, 7) is 4.01. The van der Waals surface area contributed by atoms with Crippen molar-refractivity contribution in [2.75, 3.05) is 35.7 Å². The largest absolute Gasteiger partial charge is 0.419 e. The van der Waals surface area contributed by atoms with Crippen LogP contribution in [0.3, 0.4) is 0 Å². The fraction of sp³-hybridized carbons (Fsp3) is 0.308. The molecule has 0 unspecified atom stereocenters. The third-order valence-electron chi connectivity index (χ3n) is 6.07. The Morgan fingerprint density at radius 1 is 0.943 bits per heavy atom. The van der Waals surface area contributed by atoms with Crippen molar-refractivity contribution in [3.63, 3.8) is 0 Å². The lowest BCUT2D eigenvalue weighted by Crippen LogP contribution is -2.29. The lowest BCUT2D eigenvalue weighted by molar-refractivity contribution is -0.137. The molecule has 3 N–H and O–H groups in total. The number of nitrogens with one attached hydrogen (secondary N) is 3. The van der Waals surface area contributed by atoms with Crippen molar-refractivity contribution in [3.8, 4) is 0 Å².